The standard InChI is InChI=1S/C19H20FN3O2.2ClH/c20-17-6-2-1-4-12(17)9-15(21)11-16(24)10-14-8-13-5-3-7-22-18(13)23-19(14)25;;/h1-7,14-15H,8-11,21H2,(H,22,23,25);2*1H/p-2/t14-,15+;;/m0../s1. The third kappa shape index (κ3) is 5.99. The topological polar surface area (TPSA) is 85.1 Å². The zero-order chi connectivity index (χ0) is 17.8. The van der Waals surface area contributed by atoms with Crippen LogP contribution in [0, 0.1) is 11.7 Å². The van der Waals surface area contributed by atoms with E-state index in [4.69, 9.17) is 5.73 Å². The maximum absolute atomic E-state index is 13.7. The van der Waals surface area contributed by atoms with Gasteiger partial charge in [0, 0.05) is 31.0 Å². The van der Waals surface area contributed by atoms with Gasteiger partial charge in [-0.05, 0) is 36.1 Å². The normalized spacial score (nSPS) is 16.2. The molecule has 0 radical (unpaired) electrons. The first kappa shape index (κ1) is 23.0. The summed E-state index contributed by atoms with van der Waals surface area (Å²) < 4.78 is 13.7. The molecule has 0 bridgehead atoms. The number of Topliss-reactive ketones (excluding diaryl/α,β-unsaturated/α-hetero) is 1. The van der Waals surface area contributed by atoms with Crippen molar-refractivity contribution in [1.82, 2.24) is 4.98 Å². The largest absolute Gasteiger partial charge is 1.00 e. The molecule has 1 aromatic carbocycles. The van der Waals surface area contributed by atoms with Gasteiger partial charge in [-0.15, -0.1) is 0 Å². The summed E-state index contributed by atoms with van der Waals surface area (Å²) >= 11 is 0. The van der Waals surface area contributed by atoms with E-state index in [1.54, 1.807) is 30.5 Å². The number of fused-ring (bicyclic) bond motifs is 1. The summed E-state index contributed by atoms with van der Waals surface area (Å²) in [5.74, 6) is -0.447. The molecular weight excluding hydrogens is 392 g/mol. The van der Waals surface area contributed by atoms with Gasteiger partial charge in [0.2, 0.25) is 5.91 Å². The summed E-state index contributed by atoms with van der Waals surface area (Å²) in [7, 11) is 0. The molecular formula is C19H20Cl2FN3O2-2. The number of ketones is 1. The average molecular weight is 412 g/mol. The number of carbonyl (C=O) groups is 2. The van der Waals surface area contributed by atoms with Crippen molar-refractivity contribution in [1.29, 1.82) is 0 Å². The number of aromatic nitrogens is 1. The van der Waals surface area contributed by atoms with Crippen molar-refractivity contribution in [2.24, 2.45) is 11.7 Å². The lowest BCUT2D eigenvalue weighted by atomic mass is 9.89. The molecule has 8 heteroatoms. The molecule has 0 aliphatic carbocycles. The monoisotopic (exact) mass is 411 g/mol. The molecule has 1 aromatic heterocycles. The van der Waals surface area contributed by atoms with Gasteiger partial charge in [0.05, 0.1) is 0 Å². The number of pyridine rings is 1. The first-order valence-corrected chi connectivity index (χ1v) is 8.28. The molecule has 27 heavy (non-hydrogen) atoms. The predicted molar refractivity (Wildman–Crippen MR) is 92.4 cm³/mol. The molecule has 2 aromatic rings. The van der Waals surface area contributed by atoms with Crippen LogP contribution < -0.4 is 35.9 Å². The van der Waals surface area contributed by atoms with E-state index in [9.17, 15) is 14.0 Å². The first-order valence-electron chi connectivity index (χ1n) is 8.28. The number of carbonyl (C=O) groups excluding carboxylic acids is 2. The van der Waals surface area contributed by atoms with Crippen LogP contribution in [-0.2, 0) is 22.4 Å². The lowest BCUT2D eigenvalue weighted by Gasteiger charge is -2.23. The Balaban J connectivity index is 0.00000182. The van der Waals surface area contributed by atoms with E-state index in [0.29, 0.717) is 24.2 Å². The van der Waals surface area contributed by atoms with E-state index in [0.717, 1.165) is 5.56 Å². The van der Waals surface area contributed by atoms with Crippen molar-refractivity contribution in [3.05, 3.63) is 59.5 Å². The molecule has 0 saturated carbocycles. The van der Waals surface area contributed by atoms with Gasteiger partial charge in [0.15, 0.2) is 0 Å². The average Bonchev–Trinajstić information content (AvgIpc) is 2.57. The highest BCUT2D eigenvalue weighted by atomic mass is 35.5. The van der Waals surface area contributed by atoms with Crippen LogP contribution in [0.3, 0.4) is 0 Å². The molecule has 0 fully saturated rings. The molecule has 1 aliphatic rings. The van der Waals surface area contributed by atoms with Gasteiger partial charge in [-0.25, -0.2) is 9.37 Å². The highest BCUT2D eigenvalue weighted by Gasteiger charge is 2.29. The number of amides is 1. The number of rotatable bonds is 6. The minimum absolute atomic E-state index is 0. The van der Waals surface area contributed by atoms with Crippen molar-refractivity contribution < 1.29 is 38.8 Å². The number of hydrogen-bond donors (Lipinski definition) is 2. The van der Waals surface area contributed by atoms with E-state index < -0.39 is 12.0 Å². The summed E-state index contributed by atoms with van der Waals surface area (Å²) in [6.07, 6.45) is 2.65. The van der Waals surface area contributed by atoms with E-state index in [2.05, 4.69) is 10.3 Å². The zero-order valence-corrected chi connectivity index (χ0v) is 16.0. The Morgan fingerprint density at radius 2 is 2.00 bits per heavy atom. The van der Waals surface area contributed by atoms with Crippen molar-refractivity contribution in [2.45, 2.75) is 31.7 Å². The molecule has 3 rings (SSSR count). The van der Waals surface area contributed by atoms with Gasteiger partial charge in [0.1, 0.15) is 17.4 Å². The van der Waals surface area contributed by atoms with E-state index in [-0.39, 0.29) is 55.2 Å². The van der Waals surface area contributed by atoms with Crippen LogP contribution in [0.25, 0.3) is 0 Å². The lowest BCUT2D eigenvalue weighted by Crippen LogP contribution is -3.00. The Kier molecular flexibility index (Phi) is 8.82. The van der Waals surface area contributed by atoms with Gasteiger partial charge in [0.25, 0.3) is 0 Å². The minimum Gasteiger partial charge on any atom is -1.00 e. The van der Waals surface area contributed by atoms with Crippen LogP contribution in [0.15, 0.2) is 42.6 Å². The summed E-state index contributed by atoms with van der Waals surface area (Å²) in [6.45, 7) is 0. The number of anilines is 1. The highest BCUT2D eigenvalue weighted by molar-refractivity contribution is 5.97. The fourth-order valence-electron chi connectivity index (χ4n) is 3.13. The number of nitrogens with zero attached hydrogens (tertiary/aromatic N) is 1. The SMILES string of the molecule is N[C@@H](CC(=O)C[C@@H]1Cc2cccnc2NC1=O)Cc1ccccc1F.[Cl-].[Cl-]. The third-order valence-corrected chi connectivity index (χ3v) is 4.37. The Morgan fingerprint density at radius 1 is 1.26 bits per heavy atom. The van der Waals surface area contributed by atoms with Gasteiger partial charge in [-0.3, -0.25) is 9.59 Å². The summed E-state index contributed by atoms with van der Waals surface area (Å²) in [5.41, 5.74) is 7.42. The molecule has 0 spiro atoms. The molecule has 0 unspecified atom stereocenters. The molecule has 146 valence electrons. The molecule has 3 N–H and O–H groups in total. The van der Waals surface area contributed by atoms with Crippen molar-refractivity contribution >= 4 is 17.5 Å². The van der Waals surface area contributed by atoms with Crippen LogP contribution in [0.5, 0.6) is 0 Å². The zero-order valence-electron chi connectivity index (χ0n) is 14.5. The number of nitrogens with two attached hydrogens (primary N) is 1. The summed E-state index contributed by atoms with van der Waals surface area (Å²) in [4.78, 5) is 28.5. The molecule has 2 heterocycles. The minimum atomic E-state index is -0.468. The third-order valence-electron chi connectivity index (χ3n) is 4.37. The fourth-order valence-corrected chi connectivity index (χ4v) is 3.13. The maximum atomic E-state index is 13.7. The fraction of sp³-hybridized carbons (Fsp3) is 0.316. The number of hydrogen-bond acceptors (Lipinski definition) is 4. The van der Waals surface area contributed by atoms with Gasteiger partial charge >= 0.3 is 0 Å². The Morgan fingerprint density at radius 3 is 2.74 bits per heavy atom. The molecule has 1 amide bonds. The van der Waals surface area contributed by atoms with Crippen LogP contribution in [0.4, 0.5) is 10.2 Å². The lowest BCUT2D eigenvalue weighted by molar-refractivity contribution is -0.126. The molecule has 5 nitrogen and oxygen atoms in total. The maximum Gasteiger partial charge on any atom is 0.229 e. The molecule has 0 saturated heterocycles. The quantitative estimate of drug-likeness (QED) is 0.511. The van der Waals surface area contributed by atoms with Crippen molar-refractivity contribution in [3.8, 4) is 0 Å². The number of benzene rings is 1. The van der Waals surface area contributed by atoms with Crippen molar-refractivity contribution in [2.75, 3.05) is 5.32 Å². The second-order valence-electron chi connectivity index (χ2n) is 6.40. The van der Waals surface area contributed by atoms with Crippen LogP contribution in [0.1, 0.15) is 24.0 Å². The van der Waals surface area contributed by atoms with Crippen LogP contribution in [-0.4, -0.2) is 22.7 Å². The van der Waals surface area contributed by atoms with E-state index in [1.165, 1.54) is 6.07 Å². The summed E-state index contributed by atoms with van der Waals surface area (Å²) in [5, 5.41) is 2.73. The molecule has 2 atom stereocenters. The van der Waals surface area contributed by atoms with Crippen LogP contribution in [0.2, 0.25) is 0 Å². The van der Waals surface area contributed by atoms with Gasteiger partial charge in [-0.2, -0.15) is 0 Å². The predicted octanol–water partition coefficient (Wildman–Crippen LogP) is -3.74. The van der Waals surface area contributed by atoms with Gasteiger partial charge in [-0.1, -0.05) is 24.3 Å². The van der Waals surface area contributed by atoms with E-state index in [1.807, 2.05) is 6.07 Å². The Labute approximate surface area is 169 Å². The number of halogens is 3. The smallest absolute Gasteiger partial charge is 0.229 e. The Bertz CT molecular complexity index is 804. The highest BCUT2D eigenvalue weighted by Crippen LogP contribution is 2.25. The Hall–Kier alpha value is -2.02. The second kappa shape index (κ2) is 10.3. The number of nitrogens with one attached hydrogen (secondary N) is 1. The van der Waals surface area contributed by atoms with Crippen LogP contribution >= 0.6 is 0 Å². The second-order valence-corrected chi connectivity index (χ2v) is 6.40. The first-order chi connectivity index (χ1) is 12.0. The van der Waals surface area contributed by atoms with Gasteiger partial charge < -0.3 is 35.9 Å². The van der Waals surface area contributed by atoms with E-state index >= 15 is 0 Å². The summed E-state index contributed by atoms with van der Waals surface area (Å²) in [6, 6.07) is 9.63. The molecule has 1 aliphatic heterocycles. The van der Waals surface area contributed by atoms with Crippen molar-refractivity contribution in [3.63, 3.8) is 0 Å².